The summed E-state index contributed by atoms with van der Waals surface area (Å²) in [5.74, 6) is -0.0908. The van der Waals surface area contributed by atoms with E-state index in [4.69, 9.17) is 16.7 Å². The third kappa shape index (κ3) is 1.96. The summed E-state index contributed by atoms with van der Waals surface area (Å²) in [6, 6.07) is 4.28. The first-order valence-electron chi connectivity index (χ1n) is 2.84. The van der Waals surface area contributed by atoms with Crippen LogP contribution in [0.25, 0.3) is 0 Å². The molecular weight excluding hydrogens is 171 g/mol. The third-order valence-electron chi connectivity index (χ3n) is 1.14. The minimum atomic E-state index is -0.0908. The van der Waals surface area contributed by atoms with Crippen LogP contribution in [0.4, 0.5) is 10.2 Å². The van der Waals surface area contributed by atoms with Gasteiger partial charge in [-0.15, -0.1) is 4.48 Å². The number of nitrogens with one attached hydrogen (secondary N) is 2. The van der Waals surface area contributed by atoms with Gasteiger partial charge in [0.2, 0.25) is 0 Å². The van der Waals surface area contributed by atoms with Crippen molar-refractivity contribution in [2.75, 3.05) is 5.43 Å². The fourth-order valence-corrected chi connectivity index (χ4v) is 0.763. The van der Waals surface area contributed by atoms with Gasteiger partial charge in [-0.1, -0.05) is 17.2 Å². The van der Waals surface area contributed by atoms with Gasteiger partial charge in [0.1, 0.15) is 5.75 Å². The van der Waals surface area contributed by atoms with Crippen LogP contribution in [0.15, 0.2) is 18.2 Å². The third-order valence-corrected chi connectivity index (χ3v) is 1.46. The predicted octanol–water partition coefficient (Wildman–Crippen LogP) is 1.85. The van der Waals surface area contributed by atoms with Gasteiger partial charge in [0.05, 0.1) is 10.7 Å². The summed E-state index contributed by atoms with van der Waals surface area (Å²) >= 11 is 5.49. The average Bonchev–Trinajstić information content (AvgIpc) is 1.98. The van der Waals surface area contributed by atoms with Crippen LogP contribution in [0.2, 0.25) is 5.02 Å². The lowest BCUT2D eigenvalue weighted by Crippen LogP contribution is -2.09. The van der Waals surface area contributed by atoms with Crippen LogP contribution < -0.4 is 11.1 Å². The predicted molar refractivity (Wildman–Crippen MR) is 41.0 cm³/mol. The average molecular weight is 177 g/mol. The molecule has 0 amide bonds. The molecule has 0 saturated carbocycles. The van der Waals surface area contributed by atoms with E-state index in [1.807, 2.05) is 0 Å². The molecule has 0 aliphatic rings. The van der Waals surface area contributed by atoms with E-state index in [9.17, 15) is 4.48 Å². The van der Waals surface area contributed by atoms with Crippen LogP contribution in [0.1, 0.15) is 0 Å². The van der Waals surface area contributed by atoms with Crippen LogP contribution in [0, 0.1) is 0 Å². The summed E-state index contributed by atoms with van der Waals surface area (Å²) in [6.45, 7) is 0. The molecule has 0 saturated heterocycles. The Kier molecular flexibility index (Phi) is 2.51. The highest BCUT2D eigenvalue weighted by molar-refractivity contribution is 6.32. The summed E-state index contributed by atoms with van der Waals surface area (Å²) in [6.07, 6.45) is 0. The van der Waals surface area contributed by atoms with Crippen molar-refractivity contribution >= 4 is 17.3 Å². The molecule has 0 heterocycles. The molecule has 0 bridgehead atoms. The molecule has 0 aromatic heterocycles. The van der Waals surface area contributed by atoms with Crippen molar-refractivity contribution in [3.8, 4) is 5.75 Å². The number of halogens is 2. The maximum absolute atomic E-state index is 11.4. The van der Waals surface area contributed by atoms with Crippen LogP contribution in [0.3, 0.4) is 0 Å². The smallest absolute Gasteiger partial charge is 0.136 e. The maximum Gasteiger partial charge on any atom is 0.136 e. The van der Waals surface area contributed by atoms with Gasteiger partial charge >= 0.3 is 0 Å². The Morgan fingerprint density at radius 2 is 2.18 bits per heavy atom. The Labute approximate surface area is 67.7 Å². The van der Waals surface area contributed by atoms with Gasteiger partial charge < -0.3 is 5.11 Å². The molecule has 60 valence electrons. The molecule has 0 aliphatic heterocycles. The summed E-state index contributed by atoms with van der Waals surface area (Å²) < 4.78 is 11.4. The first-order valence-corrected chi connectivity index (χ1v) is 3.22. The minimum Gasteiger partial charge on any atom is -0.506 e. The van der Waals surface area contributed by atoms with E-state index in [2.05, 4.69) is 5.43 Å². The normalized spacial score (nSPS) is 9.64. The van der Waals surface area contributed by atoms with E-state index in [-0.39, 0.29) is 10.8 Å². The number of anilines is 1. The molecule has 3 N–H and O–H groups in total. The molecule has 0 unspecified atom stereocenters. The molecule has 1 rings (SSSR count). The minimum absolute atomic E-state index is 0.0908. The molecule has 3 nitrogen and oxygen atoms in total. The molecule has 1 aromatic rings. The first-order chi connectivity index (χ1) is 5.24. The molecule has 0 fully saturated rings. The van der Waals surface area contributed by atoms with Crippen molar-refractivity contribution < 1.29 is 9.59 Å². The molecule has 0 atom stereocenters. The molecule has 0 spiro atoms. The van der Waals surface area contributed by atoms with Crippen molar-refractivity contribution in [1.29, 1.82) is 0 Å². The van der Waals surface area contributed by atoms with Gasteiger partial charge in [0.15, 0.2) is 0 Å². The highest BCUT2D eigenvalue weighted by atomic mass is 35.5. The van der Waals surface area contributed by atoms with E-state index in [1.165, 1.54) is 23.8 Å². The zero-order chi connectivity index (χ0) is 8.27. The molecule has 11 heavy (non-hydrogen) atoms. The lowest BCUT2D eigenvalue weighted by Gasteiger charge is -2.02. The van der Waals surface area contributed by atoms with Gasteiger partial charge in [-0.2, -0.15) is 0 Å². The fourth-order valence-electron chi connectivity index (χ4n) is 0.645. The quantitative estimate of drug-likeness (QED) is 0.476. The monoisotopic (exact) mass is 176 g/mol. The van der Waals surface area contributed by atoms with E-state index >= 15 is 0 Å². The second-order valence-corrected chi connectivity index (χ2v) is 2.29. The molecule has 1 aromatic carbocycles. The van der Waals surface area contributed by atoms with Crippen LogP contribution >= 0.6 is 11.6 Å². The number of aromatic hydroxyl groups is 1. The fraction of sp³-hybridized carbons (Fsp3) is 0. The number of rotatable bonds is 2. The van der Waals surface area contributed by atoms with Gasteiger partial charge in [-0.25, -0.2) is 0 Å². The van der Waals surface area contributed by atoms with Crippen molar-refractivity contribution in [3.63, 3.8) is 0 Å². The second-order valence-electron chi connectivity index (χ2n) is 1.89. The van der Waals surface area contributed by atoms with Crippen molar-refractivity contribution in [3.05, 3.63) is 23.2 Å². The van der Waals surface area contributed by atoms with Crippen molar-refractivity contribution in [2.45, 2.75) is 0 Å². The van der Waals surface area contributed by atoms with Gasteiger partial charge in [-0.05, 0) is 12.1 Å². The zero-order valence-electron chi connectivity index (χ0n) is 5.44. The molecule has 0 radical (unpaired) electrons. The van der Waals surface area contributed by atoms with Crippen molar-refractivity contribution in [2.24, 2.45) is 0 Å². The Morgan fingerprint density at radius 3 is 2.73 bits per heavy atom. The number of hydrogen-bond donors (Lipinski definition) is 3. The number of phenols is 1. The summed E-state index contributed by atoms with van der Waals surface area (Å²) in [5, 5.41) is 9.24. The van der Waals surface area contributed by atoms with Crippen LogP contribution in [-0.2, 0) is 0 Å². The first kappa shape index (κ1) is 8.10. The van der Waals surface area contributed by atoms with Crippen LogP contribution in [-0.4, -0.2) is 5.11 Å². The van der Waals surface area contributed by atoms with Gasteiger partial charge in [-0.3, -0.25) is 5.43 Å². The molecular formula is C6H6ClFN2O. The maximum atomic E-state index is 11.4. The molecule has 5 heteroatoms. The Bertz CT molecular complexity index is 256. The number of phenolic OH excluding ortho intramolecular Hbond substituents is 1. The Balaban J connectivity index is 2.86. The summed E-state index contributed by atoms with van der Waals surface area (Å²) in [4.78, 5) is 0. The SMILES string of the molecule is Oc1cc(NNF)ccc1Cl. The van der Waals surface area contributed by atoms with Gasteiger partial charge in [0, 0.05) is 6.07 Å². The Morgan fingerprint density at radius 1 is 1.45 bits per heavy atom. The number of hydrogen-bond acceptors (Lipinski definition) is 3. The zero-order valence-corrected chi connectivity index (χ0v) is 6.19. The topological polar surface area (TPSA) is 44.3 Å². The lowest BCUT2D eigenvalue weighted by molar-refractivity contribution is 0.376. The highest BCUT2D eigenvalue weighted by Crippen LogP contribution is 2.25. The summed E-state index contributed by atoms with van der Waals surface area (Å²) in [5.41, 5.74) is 3.76. The van der Waals surface area contributed by atoms with Crippen molar-refractivity contribution in [1.82, 2.24) is 5.65 Å². The van der Waals surface area contributed by atoms with E-state index in [1.54, 1.807) is 0 Å². The van der Waals surface area contributed by atoms with E-state index < -0.39 is 0 Å². The Hall–Kier alpha value is -1.00. The standard InChI is InChI=1S/C6H6ClFN2O/c7-5-2-1-4(9-10-8)3-6(5)11/h1-3,9-11H. The largest absolute Gasteiger partial charge is 0.506 e. The second kappa shape index (κ2) is 3.41. The van der Waals surface area contributed by atoms with E-state index in [0.717, 1.165) is 0 Å². The van der Waals surface area contributed by atoms with Gasteiger partial charge in [0.25, 0.3) is 0 Å². The number of hydrazine groups is 1. The summed E-state index contributed by atoms with van der Waals surface area (Å²) in [7, 11) is 0. The number of benzene rings is 1. The van der Waals surface area contributed by atoms with E-state index in [0.29, 0.717) is 5.69 Å². The molecule has 0 aliphatic carbocycles. The lowest BCUT2D eigenvalue weighted by atomic mass is 10.3. The highest BCUT2D eigenvalue weighted by Gasteiger charge is 1.97. The van der Waals surface area contributed by atoms with Crippen LogP contribution in [0.5, 0.6) is 5.75 Å².